The van der Waals surface area contributed by atoms with E-state index in [9.17, 15) is 9.59 Å². The van der Waals surface area contributed by atoms with Crippen LogP contribution in [0, 0.1) is 0 Å². The van der Waals surface area contributed by atoms with Crippen molar-refractivity contribution in [3.63, 3.8) is 0 Å². The predicted molar refractivity (Wildman–Crippen MR) is 77.5 cm³/mol. The molecule has 126 valence electrons. The number of carbonyl (C=O) groups is 2. The summed E-state index contributed by atoms with van der Waals surface area (Å²) in [7, 11) is 2.00. The topological polar surface area (TPSA) is 57.5 Å². The van der Waals surface area contributed by atoms with Crippen molar-refractivity contribution in [1.82, 2.24) is 14.7 Å². The summed E-state index contributed by atoms with van der Waals surface area (Å²) in [5, 5.41) is 0. The zero-order valence-corrected chi connectivity index (χ0v) is 15.8. The number of carbonyl (C=O) groups excluding carboxylic acids is 2. The summed E-state index contributed by atoms with van der Waals surface area (Å²) in [5.74, 6) is 0. The molecule has 0 aromatic heterocycles. The molecule has 0 aromatic rings. The second kappa shape index (κ2) is 7.49. The fraction of sp³-hybridized carbons (Fsp3) is 0.714. The molecule has 2 rings (SSSR count). The smallest absolute Gasteiger partial charge is 0.410 e. The third-order valence-corrected chi connectivity index (χ3v) is 3.41. The Bertz CT molecular complexity index is 442. The van der Waals surface area contributed by atoms with E-state index in [0.717, 1.165) is 0 Å². The normalized spacial score (nSPS) is 21.6. The number of amides is 3. The van der Waals surface area contributed by atoms with Crippen molar-refractivity contribution in [1.29, 1.82) is 0 Å². The van der Waals surface area contributed by atoms with Gasteiger partial charge in [-0.25, -0.2) is 14.5 Å². The highest BCUT2D eigenvalue weighted by molar-refractivity contribution is 5.76. The molecule has 1 atom stereocenters. The van der Waals surface area contributed by atoms with Gasteiger partial charge in [0.1, 0.15) is 11.8 Å². The Morgan fingerprint density at radius 2 is 1.64 bits per heavy atom. The first-order valence-electron chi connectivity index (χ1n) is 7.30. The number of hydrogen-bond acceptors (Lipinski definition) is 3. The molecule has 22 heavy (non-hydrogen) atoms. The van der Waals surface area contributed by atoms with Gasteiger partial charge in [0.2, 0.25) is 0 Å². The van der Waals surface area contributed by atoms with Crippen molar-refractivity contribution in [3.05, 3.63) is 12.4 Å². The van der Waals surface area contributed by atoms with Crippen molar-refractivity contribution < 1.29 is 43.2 Å². The van der Waals surface area contributed by atoms with Crippen LogP contribution in [0.2, 0.25) is 0 Å². The van der Waals surface area contributed by atoms with Crippen LogP contribution < -0.4 is 28.9 Å². The molecule has 1 saturated heterocycles. The Kier molecular flexibility index (Phi) is 6.48. The Morgan fingerprint density at radius 1 is 1.09 bits per heavy atom. The zero-order valence-electron chi connectivity index (χ0n) is 13.6. The lowest BCUT2D eigenvalue weighted by atomic mass is 10.2. The molecule has 1 N–H and O–H groups in total. The Morgan fingerprint density at radius 3 is 2.09 bits per heavy atom. The van der Waals surface area contributed by atoms with Crippen molar-refractivity contribution in [3.8, 4) is 0 Å². The van der Waals surface area contributed by atoms with Gasteiger partial charge in [-0.15, -0.1) is 0 Å². The van der Waals surface area contributed by atoms with E-state index in [1.54, 1.807) is 14.7 Å². The Hall–Kier alpha value is -1.03. The molecule has 0 bridgehead atoms. The second-order valence-corrected chi connectivity index (χ2v) is 6.53. The predicted octanol–water partition coefficient (Wildman–Crippen LogP) is -3.08. The van der Waals surface area contributed by atoms with Crippen LogP contribution in [0.4, 0.5) is 9.59 Å². The molecule has 1 fully saturated rings. The number of rotatable bonds is 0. The average molecular weight is 424 g/mol. The summed E-state index contributed by atoms with van der Waals surface area (Å²) in [4.78, 5) is 30.6. The van der Waals surface area contributed by atoms with E-state index < -0.39 is 5.60 Å². The van der Waals surface area contributed by atoms with E-state index in [4.69, 9.17) is 4.74 Å². The third kappa shape index (κ3) is 5.01. The van der Waals surface area contributed by atoms with Crippen molar-refractivity contribution in [2.24, 2.45) is 0 Å². The summed E-state index contributed by atoms with van der Waals surface area (Å²) >= 11 is 0. The minimum absolute atomic E-state index is 0. The molecule has 0 radical (unpaired) electrons. The van der Waals surface area contributed by atoms with E-state index in [1.165, 1.54) is 4.90 Å². The maximum Gasteiger partial charge on any atom is 0.410 e. The number of halogens is 1. The van der Waals surface area contributed by atoms with E-state index in [1.807, 2.05) is 40.2 Å². The maximum absolute atomic E-state index is 12.3. The van der Waals surface area contributed by atoms with Crippen LogP contribution in [0.1, 0.15) is 20.8 Å². The standard InChI is InChI=1S/C14H24N4O3.HI/c1-14(2,3)21-13(20)17-9-7-16(8-10-17)12(19)18-6-5-15(4)11-18;/h5-6H,7-11H2,1-4H3;1H. The van der Waals surface area contributed by atoms with Crippen LogP contribution in [0.5, 0.6) is 0 Å². The van der Waals surface area contributed by atoms with E-state index in [0.29, 0.717) is 32.8 Å². The summed E-state index contributed by atoms with van der Waals surface area (Å²) in [6, 6.07) is 0.00642. The molecule has 0 aliphatic carbocycles. The summed E-state index contributed by atoms with van der Waals surface area (Å²) < 4.78 is 5.35. The van der Waals surface area contributed by atoms with E-state index in [-0.39, 0.29) is 36.1 Å². The number of urea groups is 1. The van der Waals surface area contributed by atoms with Crippen molar-refractivity contribution in [2.45, 2.75) is 26.4 Å². The highest BCUT2D eigenvalue weighted by Crippen LogP contribution is 2.12. The Balaban J connectivity index is 0.00000242. The highest BCUT2D eigenvalue weighted by Gasteiger charge is 2.30. The van der Waals surface area contributed by atoms with Gasteiger partial charge in [0.15, 0.2) is 6.67 Å². The van der Waals surface area contributed by atoms with Crippen LogP contribution in [0.3, 0.4) is 0 Å². The minimum Gasteiger partial charge on any atom is -1.00 e. The van der Waals surface area contributed by atoms with Crippen molar-refractivity contribution in [2.75, 3.05) is 39.9 Å². The first kappa shape index (κ1) is 19.0. The average Bonchev–Trinajstić information content (AvgIpc) is 2.83. The Labute approximate surface area is 148 Å². The lowest BCUT2D eigenvalue weighted by Gasteiger charge is -2.36. The fourth-order valence-corrected chi connectivity index (χ4v) is 2.31. The molecular formula is C14H25IN4O3. The summed E-state index contributed by atoms with van der Waals surface area (Å²) in [6.07, 6.45) is 3.46. The van der Waals surface area contributed by atoms with Gasteiger partial charge in [0.25, 0.3) is 0 Å². The SMILES string of the molecule is C[NH+]1C=CN(C(=O)N2CCN(C(=O)OC(C)(C)C)CC2)C1.[I-]. The molecule has 1 unspecified atom stereocenters. The molecule has 8 heteroatoms. The molecule has 2 aliphatic rings. The van der Waals surface area contributed by atoms with Gasteiger partial charge in [0, 0.05) is 26.2 Å². The monoisotopic (exact) mass is 424 g/mol. The first-order valence-corrected chi connectivity index (χ1v) is 7.30. The van der Waals surface area contributed by atoms with Crippen LogP contribution in [0.15, 0.2) is 12.4 Å². The molecule has 3 amide bonds. The molecule has 0 spiro atoms. The molecule has 2 heterocycles. The lowest BCUT2D eigenvalue weighted by Crippen LogP contribution is -3.04. The van der Waals surface area contributed by atoms with Crippen LogP contribution in [-0.2, 0) is 4.74 Å². The number of nitrogens with one attached hydrogen (secondary N) is 1. The maximum atomic E-state index is 12.3. The fourth-order valence-electron chi connectivity index (χ4n) is 2.31. The largest absolute Gasteiger partial charge is 1.00 e. The van der Waals surface area contributed by atoms with Crippen LogP contribution in [-0.4, -0.2) is 72.3 Å². The van der Waals surface area contributed by atoms with E-state index in [2.05, 4.69) is 0 Å². The highest BCUT2D eigenvalue weighted by atomic mass is 127. The van der Waals surface area contributed by atoms with Gasteiger partial charge in [-0.05, 0) is 20.8 Å². The molecule has 0 aromatic carbocycles. The van der Waals surface area contributed by atoms with E-state index >= 15 is 0 Å². The van der Waals surface area contributed by atoms with Crippen molar-refractivity contribution >= 4 is 12.1 Å². The number of piperazine rings is 1. The first-order chi connectivity index (χ1) is 9.76. The third-order valence-electron chi connectivity index (χ3n) is 3.41. The van der Waals surface area contributed by atoms with Gasteiger partial charge in [-0.2, -0.15) is 0 Å². The summed E-state index contributed by atoms with van der Waals surface area (Å²) in [6.45, 7) is 8.32. The van der Waals surface area contributed by atoms with Gasteiger partial charge < -0.3 is 38.5 Å². The second-order valence-electron chi connectivity index (χ2n) is 6.53. The number of nitrogens with zero attached hydrogens (tertiary/aromatic N) is 3. The van der Waals surface area contributed by atoms with Gasteiger partial charge in [0.05, 0.1) is 13.2 Å². The zero-order chi connectivity index (χ0) is 15.6. The van der Waals surface area contributed by atoms with Gasteiger partial charge in [-0.1, -0.05) is 0 Å². The summed E-state index contributed by atoms with van der Waals surface area (Å²) in [5.41, 5.74) is -0.488. The number of ether oxygens (including phenoxy) is 1. The van der Waals surface area contributed by atoms with Gasteiger partial charge in [-0.3, -0.25) is 4.90 Å². The van der Waals surface area contributed by atoms with Crippen LogP contribution in [0.25, 0.3) is 0 Å². The molecule has 2 aliphatic heterocycles. The minimum atomic E-state index is -0.488. The molecular weight excluding hydrogens is 399 g/mol. The number of hydrogen-bond donors (Lipinski definition) is 1. The molecule has 7 nitrogen and oxygen atoms in total. The van der Waals surface area contributed by atoms with Crippen LogP contribution >= 0.6 is 0 Å². The number of quaternary nitrogens is 1. The van der Waals surface area contributed by atoms with Gasteiger partial charge >= 0.3 is 12.1 Å². The quantitative estimate of drug-likeness (QED) is 0.420. The lowest BCUT2D eigenvalue weighted by molar-refractivity contribution is -0.825. The molecule has 0 saturated carbocycles.